The third kappa shape index (κ3) is 8.06. The molecule has 0 spiro atoms. The molecule has 0 aromatic rings. The molecule has 2 atom stereocenters. The van der Waals surface area contributed by atoms with Crippen molar-refractivity contribution in [3.63, 3.8) is 0 Å². The second-order valence-electron chi connectivity index (χ2n) is 2.73. The molecule has 0 saturated heterocycles. The van der Waals surface area contributed by atoms with E-state index < -0.39 is 28.5 Å². The van der Waals surface area contributed by atoms with Gasteiger partial charge in [0, 0.05) is 0 Å². The lowest BCUT2D eigenvalue weighted by molar-refractivity contribution is -0.117. The van der Waals surface area contributed by atoms with Crippen LogP contribution in [-0.2, 0) is 19.4 Å². The van der Waals surface area contributed by atoms with Gasteiger partial charge in [0.2, 0.25) is 5.91 Å². The second kappa shape index (κ2) is 6.51. The van der Waals surface area contributed by atoms with Crippen LogP contribution in [0.15, 0.2) is 12.7 Å². The molecule has 0 radical (unpaired) electrons. The fourth-order valence-corrected chi connectivity index (χ4v) is 1.23. The third-order valence-corrected chi connectivity index (χ3v) is 2.08. The fraction of sp³-hybridized carbons (Fsp3) is 0.571. The van der Waals surface area contributed by atoms with Crippen molar-refractivity contribution in [3.8, 4) is 0 Å². The van der Waals surface area contributed by atoms with Crippen LogP contribution in [0, 0.1) is 0 Å². The van der Waals surface area contributed by atoms with Gasteiger partial charge in [-0.1, -0.05) is 6.58 Å². The topological polar surface area (TPSA) is 128 Å². The molecule has 5 N–H and O–H groups in total. The average Bonchev–Trinajstić information content (AvgIpc) is 2.00. The minimum Gasteiger partial charge on any atom is -0.347 e. The molecular weight excluding hydrogens is 224 g/mol. The van der Waals surface area contributed by atoms with E-state index in [0.717, 1.165) is 6.08 Å². The summed E-state index contributed by atoms with van der Waals surface area (Å²) in [5.41, 5.74) is 0. The summed E-state index contributed by atoms with van der Waals surface area (Å²) in [6.07, 6.45) is 0.199. The Balaban J connectivity index is 0. The van der Waals surface area contributed by atoms with Crippen LogP contribution in [0.4, 0.5) is 0 Å². The Morgan fingerprint density at radius 3 is 2.33 bits per heavy atom. The van der Waals surface area contributed by atoms with Gasteiger partial charge in [-0.25, -0.2) is 4.18 Å². The number of nitrogens with one attached hydrogen (secondary N) is 1. The molecule has 0 aromatic heterocycles. The van der Waals surface area contributed by atoms with Gasteiger partial charge < -0.3 is 11.5 Å². The summed E-state index contributed by atoms with van der Waals surface area (Å²) in [5, 5.41) is 2.39. The maximum atomic E-state index is 10.8. The summed E-state index contributed by atoms with van der Waals surface area (Å²) in [4.78, 5) is 10.8. The van der Waals surface area contributed by atoms with E-state index in [4.69, 9.17) is 4.55 Å². The Morgan fingerprint density at radius 2 is 2.00 bits per heavy atom. The molecule has 0 aliphatic carbocycles. The normalized spacial score (nSPS) is 14.6. The number of hydrogen-bond acceptors (Lipinski definition) is 5. The predicted molar refractivity (Wildman–Crippen MR) is 54.9 cm³/mol. The van der Waals surface area contributed by atoms with Crippen molar-refractivity contribution < 1.29 is 21.9 Å². The highest BCUT2D eigenvalue weighted by Crippen LogP contribution is 2.01. The Hall–Kier alpha value is -0.960. The van der Waals surface area contributed by atoms with Crippen molar-refractivity contribution in [2.24, 2.45) is 0 Å². The van der Waals surface area contributed by atoms with Crippen LogP contribution in [0.5, 0.6) is 0 Å². The highest BCUT2D eigenvalue weighted by Gasteiger charge is 2.19. The first-order valence-corrected chi connectivity index (χ1v) is 5.21. The quantitative estimate of drug-likeness (QED) is 0.460. The van der Waals surface area contributed by atoms with E-state index >= 15 is 0 Å². The minimum atomic E-state index is -4.49. The number of carbonyl (C=O) groups excluding carboxylic acids is 1. The second-order valence-corrected chi connectivity index (χ2v) is 3.78. The highest BCUT2D eigenvalue weighted by molar-refractivity contribution is 7.80. The molecule has 0 rings (SSSR count). The van der Waals surface area contributed by atoms with Crippen molar-refractivity contribution in [2.75, 3.05) is 0 Å². The lowest BCUT2D eigenvalue weighted by Crippen LogP contribution is -2.41. The van der Waals surface area contributed by atoms with E-state index in [2.05, 4.69) is 16.1 Å². The van der Waals surface area contributed by atoms with Crippen LogP contribution < -0.4 is 11.5 Å². The van der Waals surface area contributed by atoms with E-state index in [0.29, 0.717) is 0 Å². The molecule has 0 saturated carbocycles. The number of carbonyl (C=O) groups is 1. The van der Waals surface area contributed by atoms with Gasteiger partial charge >= 0.3 is 10.4 Å². The molecule has 1 amide bonds. The van der Waals surface area contributed by atoms with E-state index in [1.54, 1.807) is 0 Å². The third-order valence-electron chi connectivity index (χ3n) is 1.53. The smallest absolute Gasteiger partial charge is 0.347 e. The van der Waals surface area contributed by atoms with Crippen LogP contribution in [-0.4, -0.2) is 31.0 Å². The highest BCUT2D eigenvalue weighted by atomic mass is 32.3. The lowest BCUT2D eigenvalue weighted by Gasteiger charge is -2.18. The van der Waals surface area contributed by atoms with Gasteiger partial charge in [-0.3, -0.25) is 9.35 Å². The standard InChI is InChI=1S/C7H13NO5S.H3N/c1-4-7(9)8-5(2)6(3)13-14(10,11)12;/h4-6H,1H2,2-3H3,(H,8,9)(H,10,11,12);1H3. The molecule has 0 aliphatic heterocycles. The lowest BCUT2D eigenvalue weighted by atomic mass is 10.2. The first-order valence-electron chi connectivity index (χ1n) is 3.85. The Kier molecular flexibility index (Phi) is 7.15. The van der Waals surface area contributed by atoms with Crippen molar-refractivity contribution in [3.05, 3.63) is 12.7 Å². The SMILES string of the molecule is C=CC(=O)NC(C)C(C)OS(=O)(=O)O.N. The van der Waals surface area contributed by atoms with Gasteiger partial charge in [0.15, 0.2) is 0 Å². The Morgan fingerprint density at radius 1 is 1.53 bits per heavy atom. The van der Waals surface area contributed by atoms with E-state index in [1.807, 2.05) is 0 Å². The van der Waals surface area contributed by atoms with Gasteiger partial charge in [0.25, 0.3) is 0 Å². The largest absolute Gasteiger partial charge is 0.397 e. The molecule has 0 aromatic carbocycles. The summed E-state index contributed by atoms with van der Waals surface area (Å²) in [5.74, 6) is -0.441. The fourth-order valence-electron chi connectivity index (χ4n) is 0.676. The summed E-state index contributed by atoms with van der Waals surface area (Å²) in [6.45, 7) is 6.17. The molecule has 15 heavy (non-hydrogen) atoms. The molecule has 0 fully saturated rings. The maximum absolute atomic E-state index is 10.8. The molecule has 2 unspecified atom stereocenters. The monoisotopic (exact) mass is 240 g/mol. The van der Waals surface area contributed by atoms with Crippen LogP contribution >= 0.6 is 0 Å². The maximum Gasteiger partial charge on any atom is 0.397 e. The van der Waals surface area contributed by atoms with Crippen molar-refractivity contribution in [2.45, 2.75) is 26.0 Å². The van der Waals surface area contributed by atoms with E-state index in [-0.39, 0.29) is 6.15 Å². The summed E-state index contributed by atoms with van der Waals surface area (Å²) in [7, 11) is -4.49. The van der Waals surface area contributed by atoms with Crippen LogP contribution in [0.25, 0.3) is 0 Å². The average molecular weight is 240 g/mol. The molecule has 0 bridgehead atoms. The first kappa shape index (κ1) is 16.5. The molecule has 8 heteroatoms. The first-order chi connectivity index (χ1) is 6.26. The van der Waals surface area contributed by atoms with Crippen LogP contribution in [0.3, 0.4) is 0 Å². The molecule has 7 nitrogen and oxygen atoms in total. The van der Waals surface area contributed by atoms with Crippen molar-refractivity contribution in [1.82, 2.24) is 11.5 Å². The van der Waals surface area contributed by atoms with Crippen LogP contribution in [0.2, 0.25) is 0 Å². The van der Waals surface area contributed by atoms with E-state index in [9.17, 15) is 13.2 Å². The number of amides is 1. The van der Waals surface area contributed by atoms with Gasteiger partial charge in [-0.15, -0.1) is 0 Å². The Labute approximate surface area is 89.0 Å². The molecule has 0 aliphatic rings. The van der Waals surface area contributed by atoms with Gasteiger partial charge in [-0.05, 0) is 19.9 Å². The number of rotatable bonds is 5. The van der Waals surface area contributed by atoms with Gasteiger partial charge in [0.05, 0.1) is 12.1 Å². The van der Waals surface area contributed by atoms with Crippen LogP contribution in [0.1, 0.15) is 13.8 Å². The number of hydrogen-bond donors (Lipinski definition) is 3. The zero-order chi connectivity index (χ0) is 11.4. The zero-order valence-electron chi connectivity index (χ0n) is 8.63. The molecule has 90 valence electrons. The van der Waals surface area contributed by atoms with Crippen molar-refractivity contribution >= 4 is 16.3 Å². The molecule has 0 heterocycles. The summed E-state index contributed by atoms with van der Waals surface area (Å²) < 4.78 is 33.2. The Bertz CT molecular complexity index is 313. The van der Waals surface area contributed by atoms with Crippen molar-refractivity contribution in [1.29, 1.82) is 0 Å². The summed E-state index contributed by atoms with van der Waals surface area (Å²) >= 11 is 0. The zero-order valence-corrected chi connectivity index (χ0v) is 9.45. The minimum absolute atomic E-state index is 0. The van der Waals surface area contributed by atoms with Gasteiger partial charge in [-0.2, -0.15) is 8.42 Å². The van der Waals surface area contributed by atoms with E-state index in [1.165, 1.54) is 13.8 Å². The summed E-state index contributed by atoms with van der Waals surface area (Å²) in [6, 6.07) is -0.553. The predicted octanol–water partition coefficient (Wildman–Crippen LogP) is 0.0470. The van der Waals surface area contributed by atoms with Gasteiger partial charge in [0.1, 0.15) is 0 Å². The molecular formula is C7H16N2O5S.